The number of hydrogen-bond acceptors (Lipinski definition) is 4. The van der Waals surface area contributed by atoms with E-state index < -0.39 is 11.4 Å². The average molecular weight is 280 g/mol. The number of carbonyl (C=O) groups excluding carboxylic acids is 1. The van der Waals surface area contributed by atoms with E-state index in [0.29, 0.717) is 19.4 Å². The van der Waals surface area contributed by atoms with Crippen LogP contribution in [-0.2, 0) is 16.1 Å². The molecule has 0 unspecified atom stereocenters. The maximum Gasteiger partial charge on any atom is 0.311 e. The Morgan fingerprint density at radius 3 is 2.65 bits per heavy atom. The molecular formula is C13H20N4O3. The Balaban J connectivity index is 1.80. The van der Waals surface area contributed by atoms with Crippen LogP contribution in [0.3, 0.4) is 0 Å². The Morgan fingerprint density at radius 1 is 1.30 bits per heavy atom. The maximum atomic E-state index is 11.8. The fourth-order valence-corrected chi connectivity index (χ4v) is 2.62. The highest BCUT2D eigenvalue weighted by Crippen LogP contribution is 2.35. The topological polar surface area (TPSA) is 97.1 Å². The van der Waals surface area contributed by atoms with Crippen molar-refractivity contribution in [2.75, 3.05) is 6.54 Å². The molecule has 1 amide bonds. The van der Waals surface area contributed by atoms with Crippen LogP contribution in [0.5, 0.6) is 0 Å². The summed E-state index contributed by atoms with van der Waals surface area (Å²) in [6.07, 6.45) is 7.72. The Labute approximate surface area is 117 Å². The molecular weight excluding hydrogens is 260 g/mol. The van der Waals surface area contributed by atoms with Crippen molar-refractivity contribution in [2.45, 2.75) is 45.1 Å². The van der Waals surface area contributed by atoms with Crippen LogP contribution in [0.15, 0.2) is 12.4 Å². The third kappa shape index (κ3) is 3.55. The zero-order valence-electron chi connectivity index (χ0n) is 11.4. The van der Waals surface area contributed by atoms with E-state index in [1.807, 2.05) is 0 Å². The van der Waals surface area contributed by atoms with Gasteiger partial charge in [0.05, 0.1) is 18.2 Å². The lowest BCUT2D eigenvalue weighted by Gasteiger charge is -2.33. The predicted octanol–water partition coefficient (Wildman–Crippen LogP) is 0.819. The van der Waals surface area contributed by atoms with Gasteiger partial charge in [0.25, 0.3) is 0 Å². The van der Waals surface area contributed by atoms with Gasteiger partial charge >= 0.3 is 5.97 Å². The van der Waals surface area contributed by atoms with Gasteiger partial charge in [-0.25, -0.2) is 0 Å². The summed E-state index contributed by atoms with van der Waals surface area (Å²) in [5.41, 5.74) is -0.777. The minimum Gasteiger partial charge on any atom is -0.481 e. The third-order valence-electron chi connectivity index (χ3n) is 3.93. The maximum absolute atomic E-state index is 11.8. The van der Waals surface area contributed by atoms with Crippen LogP contribution in [0.25, 0.3) is 0 Å². The Hall–Kier alpha value is -1.92. The zero-order chi connectivity index (χ0) is 14.4. The molecule has 0 saturated heterocycles. The van der Waals surface area contributed by atoms with Gasteiger partial charge in [-0.2, -0.15) is 0 Å². The van der Waals surface area contributed by atoms with Crippen molar-refractivity contribution in [3.05, 3.63) is 12.4 Å². The normalized spacial score (nSPS) is 17.6. The number of nitrogens with one attached hydrogen (secondary N) is 1. The number of hydrogen-bond donors (Lipinski definition) is 2. The minimum absolute atomic E-state index is 0.147. The van der Waals surface area contributed by atoms with Gasteiger partial charge in [-0.1, -0.05) is 24.5 Å². The zero-order valence-corrected chi connectivity index (χ0v) is 11.4. The first kappa shape index (κ1) is 14.5. The van der Waals surface area contributed by atoms with Crippen molar-refractivity contribution in [2.24, 2.45) is 5.41 Å². The van der Waals surface area contributed by atoms with Crippen LogP contribution < -0.4 is 5.32 Å². The van der Waals surface area contributed by atoms with Crippen LogP contribution in [0.2, 0.25) is 0 Å². The van der Waals surface area contributed by atoms with Crippen LogP contribution in [0, 0.1) is 5.41 Å². The number of amides is 1. The van der Waals surface area contributed by atoms with E-state index in [-0.39, 0.29) is 18.9 Å². The van der Waals surface area contributed by atoms with Crippen LogP contribution in [0.4, 0.5) is 0 Å². The predicted molar refractivity (Wildman–Crippen MR) is 70.8 cm³/mol. The number of aliphatic carboxylic acids is 1. The molecule has 1 aromatic heterocycles. The molecule has 1 heterocycles. The highest BCUT2D eigenvalue weighted by molar-refractivity contribution is 5.79. The van der Waals surface area contributed by atoms with Gasteiger partial charge in [-0.3, -0.25) is 14.3 Å². The summed E-state index contributed by atoms with van der Waals surface area (Å²) in [5, 5.41) is 19.6. The van der Waals surface area contributed by atoms with E-state index in [0.717, 1.165) is 19.3 Å². The van der Waals surface area contributed by atoms with E-state index in [1.165, 1.54) is 0 Å². The molecule has 2 rings (SSSR count). The molecule has 20 heavy (non-hydrogen) atoms. The van der Waals surface area contributed by atoms with Crippen molar-refractivity contribution >= 4 is 11.9 Å². The number of aryl methyl sites for hydroxylation is 1. The number of rotatable bonds is 6. The Morgan fingerprint density at radius 2 is 2.05 bits per heavy atom. The molecule has 0 radical (unpaired) electrons. The van der Waals surface area contributed by atoms with Gasteiger partial charge in [-0.05, 0) is 12.8 Å². The average Bonchev–Trinajstić information content (AvgIpc) is 2.97. The fraction of sp³-hybridized carbons (Fsp3) is 0.692. The summed E-state index contributed by atoms with van der Waals surface area (Å²) < 4.78 is 1.58. The van der Waals surface area contributed by atoms with Crippen molar-refractivity contribution in [1.82, 2.24) is 20.3 Å². The Bertz CT molecular complexity index is 452. The fourth-order valence-electron chi connectivity index (χ4n) is 2.62. The minimum atomic E-state index is -0.797. The van der Waals surface area contributed by atoms with E-state index in [2.05, 4.69) is 15.6 Å². The van der Waals surface area contributed by atoms with Crippen LogP contribution in [0.1, 0.15) is 38.5 Å². The van der Waals surface area contributed by atoms with Gasteiger partial charge < -0.3 is 10.4 Å². The van der Waals surface area contributed by atoms with Gasteiger partial charge in [0.15, 0.2) is 0 Å². The molecule has 0 aromatic carbocycles. The van der Waals surface area contributed by atoms with Crippen molar-refractivity contribution < 1.29 is 14.7 Å². The van der Waals surface area contributed by atoms with E-state index in [9.17, 15) is 14.7 Å². The summed E-state index contributed by atoms with van der Waals surface area (Å²) in [4.78, 5) is 23.2. The lowest BCUT2D eigenvalue weighted by molar-refractivity contribution is -0.151. The summed E-state index contributed by atoms with van der Waals surface area (Å²) in [7, 11) is 0. The number of nitrogens with zero attached hydrogens (tertiary/aromatic N) is 3. The second kappa shape index (κ2) is 6.49. The summed E-state index contributed by atoms with van der Waals surface area (Å²) in [5.74, 6) is -0.944. The van der Waals surface area contributed by atoms with Gasteiger partial charge in [0, 0.05) is 19.2 Å². The highest BCUT2D eigenvalue weighted by Gasteiger charge is 2.39. The molecule has 1 fully saturated rings. The highest BCUT2D eigenvalue weighted by atomic mass is 16.4. The first-order valence-corrected chi connectivity index (χ1v) is 6.97. The molecule has 1 saturated carbocycles. The molecule has 0 atom stereocenters. The summed E-state index contributed by atoms with van der Waals surface area (Å²) >= 11 is 0. The molecule has 7 nitrogen and oxygen atoms in total. The monoisotopic (exact) mass is 280 g/mol. The molecule has 2 N–H and O–H groups in total. The number of carbonyl (C=O) groups is 2. The van der Waals surface area contributed by atoms with Crippen molar-refractivity contribution in [3.63, 3.8) is 0 Å². The van der Waals surface area contributed by atoms with Gasteiger partial charge in [-0.15, -0.1) is 5.10 Å². The molecule has 110 valence electrons. The van der Waals surface area contributed by atoms with Gasteiger partial charge in [0.1, 0.15) is 0 Å². The first-order valence-electron chi connectivity index (χ1n) is 6.97. The molecule has 1 aliphatic rings. The molecule has 7 heteroatoms. The lowest BCUT2D eigenvalue weighted by atomic mass is 9.74. The molecule has 0 aliphatic heterocycles. The SMILES string of the molecule is O=C(CCn1ccnn1)NCC1(C(=O)O)CCCCC1. The second-order valence-corrected chi connectivity index (χ2v) is 5.34. The molecule has 1 aliphatic carbocycles. The second-order valence-electron chi connectivity index (χ2n) is 5.34. The number of aromatic nitrogens is 3. The molecule has 0 spiro atoms. The standard InChI is InChI=1S/C13H20N4O3/c18-11(4-8-17-9-7-15-16-17)14-10-13(12(19)20)5-2-1-3-6-13/h7,9H,1-6,8,10H2,(H,14,18)(H,19,20). The number of carboxylic acids is 1. The van der Waals surface area contributed by atoms with Crippen LogP contribution in [-0.4, -0.2) is 38.5 Å². The third-order valence-corrected chi connectivity index (χ3v) is 3.93. The van der Waals surface area contributed by atoms with Crippen molar-refractivity contribution in [1.29, 1.82) is 0 Å². The van der Waals surface area contributed by atoms with E-state index >= 15 is 0 Å². The summed E-state index contributed by atoms with van der Waals surface area (Å²) in [6, 6.07) is 0. The number of carboxylic acid groups (broad SMARTS) is 1. The quantitative estimate of drug-likeness (QED) is 0.804. The largest absolute Gasteiger partial charge is 0.481 e. The smallest absolute Gasteiger partial charge is 0.311 e. The Kier molecular flexibility index (Phi) is 4.70. The van der Waals surface area contributed by atoms with E-state index in [1.54, 1.807) is 17.1 Å². The first-order chi connectivity index (χ1) is 9.62. The summed E-state index contributed by atoms with van der Waals surface area (Å²) in [6.45, 7) is 0.671. The molecule has 0 bridgehead atoms. The van der Waals surface area contributed by atoms with Gasteiger partial charge in [0.2, 0.25) is 5.91 Å². The van der Waals surface area contributed by atoms with Crippen molar-refractivity contribution in [3.8, 4) is 0 Å². The van der Waals surface area contributed by atoms with E-state index in [4.69, 9.17) is 0 Å². The van der Waals surface area contributed by atoms with Crippen LogP contribution >= 0.6 is 0 Å². The lowest BCUT2D eigenvalue weighted by Crippen LogP contribution is -2.44. The molecule has 1 aromatic rings.